The van der Waals surface area contributed by atoms with E-state index in [1.54, 1.807) is 0 Å². The summed E-state index contributed by atoms with van der Waals surface area (Å²) in [6.45, 7) is 1.50. The number of amides is 1. The normalized spacial score (nSPS) is 9.50. The number of hydrogen-bond donors (Lipinski definition) is 0. The minimum absolute atomic E-state index is 0.0452. The van der Waals surface area contributed by atoms with E-state index < -0.39 is 0 Å². The number of rotatable bonds is 2. The highest BCUT2D eigenvalue weighted by molar-refractivity contribution is 6.21. The maximum atomic E-state index is 11.0. The molecule has 2 nitrogen and oxygen atoms in total. The number of alkyl halides is 1. The van der Waals surface area contributed by atoms with Gasteiger partial charge in [-0.3, -0.25) is 9.69 Å². The first-order valence-corrected chi connectivity index (χ1v) is 4.18. The topological polar surface area (TPSA) is 20.3 Å². The Morgan fingerprint density at radius 1 is 1.42 bits per heavy atom. The Morgan fingerprint density at radius 3 is 2.42 bits per heavy atom. The lowest BCUT2D eigenvalue weighted by atomic mass is 10.3. The zero-order valence-corrected chi connectivity index (χ0v) is 7.58. The molecule has 0 bridgehead atoms. The van der Waals surface area contributed by atoms with E-state index in [0.717, 1.165) is 5.69 Å². The molecule has 0 spiro atoms. The average Bonchev–Trinajstić information content (AvgIpc) is 2.07. The summed E-state index contributed by atoms with van der Waals surface area (Å²) in [5.74, 6) is -0.0452. The third-order valence-corrected chi connectivity index (χ3v) is 1.81. The fraction of sp³-hybridized carbons (Fsp3) is 0.222. The van der Waals surface area contributed by atoms with Crippen LogP contribution in [0.3, 0.4) is 0 Å². The molecule has 0 saturated heterocycles. The van der Waals surface area contributed by atoms with Gasteiger partial charge in [-0.15, -0.1) is 11.6 Å². The second kappa shape index (κ2) is 4.12. The number of nitrogens with zero attached hydrogens (tertiary/aromatic N) is 1. The number of halogens is 1. The van der Waals surface area contributed by atoms with Gasteiger partial charge in [0.25, 0.3) is 0 Å². The maximum absolute atomic E-state index is 11.0. The van der Waals surface area contributed by atoms with Crippen LogP contribution in [0.2, 0.25) is 0 Å². The summed E-state index contributed by atoms with van der Waals surface area (Å²) < 4.78 is 0. The molecule has 1 aromatic rings. The molecule has 1 amide bonds. The SMILES string of the molecule is CC(=O)N(CCl)c1ccccc1. The molecule has 1 aromatic carbocycles. The Bertz CT molecular complexity index is 260. The van der Waals surface area contributed by atoms with Gasteiger partial charge < -0.3 is 0 Å². The highest BCUT2D eigenvalue weighted by atomic mass is 35.5. The molecule has 0 saturated carbocycles. The smallest absolute Gasteiger partial charge is 0.224 e. The highest BCUT2D eigenvalue weighted by Gasteiger charge is 2.07. The van der Waals surface area contributed by atoms with E-state index in [1.807, 2.05) is 30.3 Å². The van der Waals surface area contributed by atoms with Crippen molar-refractivity contribution < 1.29 is 4.79 Å². The second-order valence-electron chi connectivity index (χ2n) is 2.40. The molecule has 0 atom stereocenters. The van der Waals surface area contributed by atoms with Gasteiger partial charge in [-0.1, -0.05) is 18.2 Å². The average molecular weight is 184 g/mol. The molecule has 0 fully saturated rings. The van der Waals surface area contributed by atoms with Crippen LogP contribution in [-0.2, 0) is 4.79 Å². The van der Waals surface area contributed by atoms with Crippen molar-refractivity contribution in [3.8, 4) is 0 Å². The molecule has 0 N–H and O–H groups in total. The monoisotopic (exact) mass is 183 g/mol. The fourth-order valence-electron chi connectivity index (χ4n) is 0.943. The lowest BCUT2D eigenvalue weighted by Gasteiger charge is -2.16. The Hall–Kier alpha value is -1.02. The molecule has 0 aliphatic heterocycles. The van der Waals surface area contributed by atoms with Gasteiger partial charge in [0, 0.05) is 12.6 Å². The van der Waals surface area contributed by atoms with Crippen LogP contribution in [-0.4, -0.2) is 11.9 Å². The molecule has 3 heteroatoms. The van der Waals surface area contributed by atoms with Gasteiger partial charge in [-0.05, 0) is 12.1 Å². The van der Waals surface area contributed by atoms with E-state index in [-0.39, 0.29) is 11.9 Å². The molecule has 1 rings (SSSR count). The summed E-state index contributed by atoms with van der Waals surface area (Å²) in [6, 6.07) is 9.54. The van der Waals surface area contributed by atoms with Crippen LogP contribution in [0, 0.1) is 0 Å². The lowest BCUT2D eigenvalue weighted by molar-refractivity contribution is -0.116. The largest absolute Gasteiger partial charge is 0.298 e. The van der Waals surface area contributed by atoms with Crippen LogP contribution in [0.15, 0.2) is 30.3 Å². The third kappa shape index (κ3) is 1.98. The molecule has 12 heavy (non-hydrogen) atoms. The van der Waals surface area contributed by atoms with Gasteiger partial charge >= 0.3 is 0 Å². The Kier molecular flexibility index (Phi) is 3.11. The molecule has 0 heterocycles. The van der Waals surface area contributed by atoms with Crippen LogP contribution in [0.25, 0.3) is 0 Å². The number of para-hydroxylation sites is 1. The summed E-state index contributed by atoms with van der Waals surface area (Å²) in [5, 5.41) is 0. The summed E-state index contributed by atoms with van der Waals surface area (Å²) >= 11 is 5.60. The van der Waals surface area contributed by atoms with E-state index in [2.05, 4.69) is 0 Å². The first-order valence-electron chi connectivity index (χ1n) is 3.65. The van der Waals surface area contributed by atoms with Crippen molar-refractivity contribution in [2.75, 3.05) is 10.9 Å². The first kappa shape index (κ1) is 9.07. The standard InChI is InChI=1S/C9H10ClNO/c1-8(12)11(7-10)9-5-3-2-4-6-9/h2-6H,7H2,1H3. The van der Waals surface area contributed by atoms with Crippen LogP contribution in [0.4, 0.5) is 5.69 Å². The molecule has 0 unspecified atom stereocenters. The Morgan fingerprint density at radius 2 is 2.00 bits per heavy atom. The molecule has 64 valence electrons. The maximum Gasteiger partial charge on any atom is 0.224 e. The van der Waals surface area contributed by atoms with E-state index in [9.17, 15) is 4.79 Å². The van der Waals surface area contributed by atoms with Crippen molar-refractivity contribution in [1.29, 1.82) is 0 Å². The van der Waals surface area contributed by atoms with Gasteiger partial charge in [0.05, 0.1) is 0 Å². The zero-order valence-electron chi connectivity index (χ0n) is 6.83. The van der Waals surface area contributed by atoms with Crippen molar-refractivity contribution in [3.05, 3.63) is 30.3 Å². The number of carbonyl (C=O) groups excluding carboxylic acids is 1. The predicted octanol–water partition coefficient (Wildman–Crippen LogP) is 2.24. The van der Waals surface area contributed by atoms with Crippen LogP contribution in [0.1, 0.15) is 6.92 Å². The molecule has 0 aromatic heterocycles. The molecular weight excluding hydrogens is 174 g/mol. The van der Waals surface area contributed by atoms with Crippen LogP contribution < -0.4 is 4.90 Å². The number of hydrogen-bond acceptors (Lipinski definition) is 1. The van der Waals surface area contributed by atoms with E-state index >= 15 is 0 Å². The van der Waals surface area contributed by atoms with Crippen molar-refractivity contribution >= 4 is 23.2 Å². The fourth-order valence-corrected chi connectivity index (χ4v) is 1.25. The van der Waals surface area contributed by atoms with Gasteiger partial charge in [0.15, 0.2) is 0 Å². The van der Waals surface area contributed by atoms with Crippen molar-refractivity contribution in [2.24, 2.45) is 0 Å². The minimum atomic E-state index is -0.0452. The number of benzene rings is 1. The first-order chi connectivity index (χ1) is 5.75. The van der Waals surface area contributed by atoms with Crippen molar-refractivity contribution in [3.63, 3.8) is 0 Å². The van der Waals surface area contributed by atoms with E-state index in [1.165, 1.54) is 11.8 Å². The third-order valence-electron chi connectivity index (χ3n) is 1.57. The second-order valence-corrected chi connectivity index (χ2v) is 2.64. The van der Waals surface area contributed by atoms with Crippen molar-refractivity contribution in [2.45, 2.75) is 6.92 Å². The number of anilines is 1. The highest BCUT2D eigenvalue weighted by Crippen LogP contribution is 2.13. The van der Waals surface area contributed by atoms with Crippen molar-refractivity contribution in [1.82, 2.24) is 0 Å². The quantitative estimate of drug-likeness (QED) is 0.509. The summed E-state index contributed by atoms with van der Waals surface area (Å²) in [4.78, 5) is 12.5. The van der Waals surface area contributed by atoms with Crippen LogP contribution >= 0.6 is 11.6 Å². The molecule has 0 aliphatic rings. The van der Waals surface area contributed by atoms with E-state index in [0.29, 0.717) is 0 Å². The summed E-state index contributed by atoms with van der Waals surface area (Å²) in [7, 11) is 0. The Balaban J connectivity index is 2.88. The minimum Gasteiger partial charge on any atom is -0.298 e. The summed E-state index contributed by atoms with van der Waals surface area (Å²) in [5.41, 5.74) is 0.833. The predicted molar refractivity (Wildman–Crippen MR) is 50.3 cm³/mol. The number of carbonyl (C=O) groups is 1. The van der Waals surface area contributed by atoms with E-state index in [4.69, 9.17) is 11.6 Å². The molecule has 0 aliphatic carbocycles. The van der Waals surface area contributed by atoms with Gasteiger partial charge in [0.1, 0.15) is 6.00 Å². The van der Waals surface area contributed by atoms with Gasteiger partial charge in [-0.25, -0.2) is 0 Å². The lowest BCUT2D eigenvalue weighted by Crippen LogP contribution is -2.26. The Labute approximate surface area is 76.8 Å². The van der Waals surface area contributed by atoms with Gasteiger partial charge in [0.2, 0.25) is 5.91 Å². The van der Waals surface area contributed by atoms with Gasteiger partial charge in [-0.2, -0.15) is 0 Å². The molecule has 0 radical (unpaired) electrons. The molecular formula is C9H10ClNO. The zero-order chi connectivity index (χ0) is 8.97. The van der Waals surface area contributed by atoms with Crippen LogP contribution in [0.5, 0.6) is 0 Å². The summed E-state index contributed by atoms with van der Waals surface area (Å²) in [6.07, 6.45) is 0.